The van der Waals surface area contributed by atoms with Crippen molar-refractivity contribution in [3.05, 3.63) is 46.0 Å². The average Bonchev–Trinajstić information content (AvgIpc) is 2.48. The van der Waals surface area contributed by atoms with Crippen LogP contribution >= 0.6 is 0 Å². The molecule has 0 spiro atoms. The first-order valence-electron chi connectivity index (χ1n) is 6.14. The summed E-state index contributed by atoms with van der Waals surface area (Å²) in [5.41, 5.74) is 0.0681. The predicted octanol–water partition coefficient (Wildman–Crippen LogP) is -1.48. The fourth-order valence-electron chi connectivity index (χ4n) is 2.29. The van der Waals surface area contributed by atoms with E-state index in [1.807, 2.05) is 0 Å². The van der Waals surface area contributed by atoms with Gasteiger partial charge in [-0.25, -0.2) is 0 Å². The van der Waals surface area contributed by atoms with Crippen molar-refractivity contribution in [2.45, 2.75) is 30.2 Å². The summed E-state index contributed by atoms with van der Waals surface area (Å²) < 4.78 is 5.24. The van der Waals surface area contributed by atoms with Gasteiger partial charge in [0.05, 0.1) is 6.61 Å². The maximum absolute atomic E-state index is 10.8. The first-order valence-corrected chi connectivity index (χ1v) is 6.14. The molecule has 9 heteroatoms. The Bertz CT molecular complexity index is 495. The maximum Gasteiger partial charge on any atom is 0.297 e. The number of benzene rings is 1. The van der Waals surface area contributed by atoms with E-state index in [1.165, 1.54) is 24.3 Å². The first kappa shape index (κ1) is 15.6. The maximum atomic E-state index is 10.8. The lowest BCUT2D eigenvalue weighted by atomic mass is 9.88. The van der Waals surface area contributed by atoms with Gasteiger partial charge >= 0.3 is 0 Å². The molecule has 0 aliphatic carbocycles. The SMILES string of the molecule is O=[N+]([O-])O[C@]1(c2ccccc2)O[C@H](CO)[C@H](O)[C@H](O)[C@H]1O. The van der Waals surface area contributed by atoms with Crippen molar-refractivity contribution in [2.24, 2.45) is 0 Å². The van der Waals surface area contributed by atoms with Gasteiger partial charge < -0.3 is 25.2 Å². The van der Waals surface area contributed by atoms with Crippen LogP contribution in [0.3, 0.4) is 0 Å². The van der Waals surface area contributed by atoms with Crippen molar-refractivity contribution in [3.8, 4) is 0 Å². The molecule has 21 heavy (non-hydrogen) atoms. The summed E-state index contributed by atoms with van der Waals surface area (Å²) in [6.45, 7) is -0.722. The van der Waals surface area contributed by atoms with Crippen LogP contribution in [0.1, 0.15) is 5.56 Å². The van der Waals surface area contributed by atoms with Crippen LogP contribution in [0.2, 0.25) is 0 Å². The van der Waals surface area contributed by atoms with Crippen LogP contribution in [0, 0.1) is 10.1 Å². The molecule has 1 fully saturated rings. The number of aliphatic hydroxyl groups is 4. The Hall–Kier alpha value is -1.78. The highest BCUT2D eigenvalue weighted by molar-refractivity contribution is 5.23. The predicted molar refractivity (Wildman–Crippen MR) is 66.2 cm³/mol. The van der Waals surface area contributed by atoms with Crippen LogP contribution < -0.4 is 0 Å². The minimum atomic E-state index is -2.34. The number of aliphatic hydroxyl groups excluding tert-OH is 4. The highest BCUT2D eigenvalue weighted by Crippen LogP contribution is 2.39. The molecule has 1 aromatic rings. The van der Waals surface area contributed by atoms with E-state index in [1.54, 1.807) is 6.07 Å². The Morgan fingerprint density at radius 3 is 2.38 bits per heavy atom. The summed E-state index contributed by atoms with van der Waals surface area (Å²) >= 11 is 0. The van der Waals surface area contributed by atoms with Gasteiger partial charge in [0.2, 0.25) is 0 Å². The van der Waals surface area contributed by atoms with E-state index in [-0.39, 0.29) is 5.56 Å². The van der Waals surface area contributed by atoms with Gasteiger partial charge in [-0.05, 0) is 0 Å². The molecular weight excluding hydrogens is 286 g/mol. The second kappa shape index (κ2) is 5.92. The van der Waals surface area contributed by atoms with Gasteiger partial charge in [0.15, 0.2) is 0 Å². The van der Waals surface area contributed by atoms with E-state index in [4.69, 9.17) is 4.74 Å². The molecule has 0 aromatic heterocycles. The zero-order valence-corrected chi connectivity index (χ0v) is 10.8. The molecule has 0 radical (unpaired) electrons. The van der Waals surface area contributed by atoms with E-state index in [2.05, 4.69) is 4.84 Å². The van der Waals surface area contributed by atoms with Crippen LogP contribution in [0.5, 0.6) is 0 Å². The summed E-state index contributed by atoms with van der Waals surface area (Å²) in [6.07, 6.45) is -6.69. The Labute approximate surface area is 119 Å². The van der Waals surface area contributed by atoms with Gasteiger partial charge in [-0.2, -0.15) is 0 Å². The second-order valence-electron chi connectivity index (χ2n) is 4.61. The van der Waals surface area contributed by atoms with E-state index >= 15 is 0 Å². The fourth-order valence-corrected chi connectivity index (χ4v) is 2.29. The molecule has 9 nitrogen and oxygen atoms in total. The summed E-state index contributed by atoms with van der Waals surface area (Å²) in [5, 5.41) is 48.5. The molecule has 0 bridgehead atoms. The standard InChI is InChI=1S/C12H15NO8/c14-6-8-9(15)10(16)11(17)12(20-8,21-13(18)19)7-4-2-1-3-5-7/h1-5,8-11,14-17H,6H2/t8-,9+,10+,11-,12+/m1/s1. The molecule has 1 aliphatic heterocycles. The minimum absolute atomic E-state index is 0.0681. The monoisotopic (exact) mass is 301 g/mol. The number of ether oxygens (including phenoxy) is 1. The molecule has 0 unspecified atom stereocenters. The Morgan fingerprint density at radius 2 is 1.86 bits per heavy atom. The van der Waals surface area contributed by atoms with Gasteiger partial charge in [0, 0.05) is 5.56 Å². The lowest BCUT2D eigenvalue weighted by Gasteiger charge is -2.46. The smallest absolute Gasteiger partial charge is 0.297 e. The van der Waals surface area contributed by atoms with Gasteiger partial charge in [-0.1, -0.05) is 30.3 Å². The lowest BCUT2D eigenvalue weighted by Crippen LogP contribution is -2.64. The number of hydrogen-bond acceptors (Lipinski definition) is 8. The van der Waals surface area contributed by atoms with Gasteiger partial charge in [-0.3, -0.25) is 4.84 Å². The van der Waals surface area contributed by atoms with Crippen molar-refractivity contribution in [1.82, 2.24) is 0 Å². The summed E-state index contributed by atoms with van der Waals surface area (Å²) in [7, 11) is 0. The molecule has 1 heterocycles. The summed E-state index contributed by atoms with van der Waals surface area (Å²) in [4.78, 5) is 15.3. The number of rotatable bonds is 4. The Kier molecular flexibility index (Phi) is 4.40. The number of nitrogens with zero attached hydrogens (tertiary/aromatic N) is 1. The zero-order valence-electron chi connectivity index (χ0n) is 10.8. The molecule has 116 valence electrons. The van der Waals surface area contributed by atoms with Crippen molar-refractivity contribution in [2.75, 3.05) is 6.61 Å². The lowest BCUT2D eigenvalue weighted by molar-refractivity contribution is -0.808. The van der Waals surface area contributed by atoms with Crippen LogP contribution in [0.15, 0.2) is 30.3 Å². The normalized spacial score (nSPS) is 36.2. The molecule has 1 saturated heterocycles. The van der Waals surface area contributed by atoms with Crippen molar-refractivity contribution >= 4 is 0 Å². The Morgan fingerprint density at radius 1 is 1.24 bits per heavy atom. The van der Waals surface area contributed by atoms with Crippen LogP contribution in [0.25, 0.3) is 0 Å². The van der Waals surface area contributed by atoms with Crippen molar-refractivity contribution in [1.29, 1.82) is 0 Å². The van der Waals surface area contributed by atoms with E-state index < -0.39 is 41.9 Å². The van der Waals surface area contributed by atoms with Crippen LogP contribution in [0.4, 0.5) is 0 Å². The molecule has 1 aliphatic rings. The van der Waals surface area contributed by atoms with Crippen molar-refractivity contribution < 1.29 is 35.1 Å². The molecule has 1 aromatic carbocycles. The largest absolute Gasteiger partial charge is 0.394 e. The first-order chi connectivity index (χ1) is 9.92. The zero-order chi connectivity index (χ0) is 15.6. The summed E-state index contributed by atoms with van der Waals surface area (Å²) in [6, 6.07) is 7.48. The van der Waals surface area contributed by atoms with Gasteiger partial charge in [-0.15, -0.1) is 10.1 Å². The third-order valence-electron chi connectivity index (χ3n) is 3.34. The third-order valence-corrected chi connectivity index (χ3v) is 3.34. The minimum Gasteiger partial charge on any atom is -0.394 e. The van der Waals surface area contributed by atoms with Gasteiger partial charge in [0.1, 0.15) is 24.4 Å². The van der Waals surface area contributed by atoms with Gasteiger partial charge in [0.25, 0.3) is 10.9 Å². The van der Waals surface area contributed by atoms with E-state index in [0.29, 0.717) is 0 Å². The molecular formula is C12H15NO8. The van der Waals surface area contributed by atoms with E-state index in [9.17, 15) is 30.5 Å². The topological polar surface area (TPSA) is 143 Å². The highest BCUT2D eigenvalue weighted by Gasteiger charge is 2.57. The average molecular weight is 301 g/mol. The number of hydrogen-bond donors (Lipinski definition) is 4. The van der Waals surface area contributed by atoms with Crippen LogP contribution in [-0.2, 0) is 15.4 Å². The third kappa shape index (κ3) is 2.69. The fraction of sp³-hybridized carbons (Fsp3) is 0.500. The molecule has 5 atom stereocenters. The Balaban J connectivity index is 2.50. The molecule has 4 N–H and O–H groups in total. The van der Waals surface area contributed by atoms with E-state index in [0.717, 1.165) is 0 Å². The quantitative estimate of drug-likeness (QED) is 0.389. The second-order valence-corrected chi connectivity index (χ2v) is 4.61. The summed E-state index contributed by atoms with van der Waals surface area (Å²) in [5.74, 6) is -2.34. The molecule has 0 amide bonds. The highest BCUT2D eigenvalue weighted by atomic mass is 17.0. The van der Waals surface area contributed by atoms with Crippen LogP contribution in [-0.4, -0.2) is 56.5 Å². The molecule has 2 rings (SSSR count). The molecule has 0 saturated carbocycles. The van der Waals surface area contributed by atoms with Crippen molar-refractivity contribution in [3.63, 3.8) is 0 Å².